The van der Waals surface area contributed by atoms with Gasteiger partial charge >= 0.3 is 0 Å². The van der Waals surface area contributed by atoms with Crippen molar-refractivity contribution in [3.63, 3.8) is 0 Å². The van der Waals surface area contributed by atoms with Crippen molar-refractivity contribution >= 4 is 23.6 Å². The average Bonchev–Trinajstić information content (AvgIpc) is 2.73. The normalized spacial score (nSPS) is 11.7. The molecule has 5 heteroatoms. The number of nitrogens with one attached hydrogen (secondary N) is 1. The van der Waals surface area contributed by atoms with E-state index in [1.807, 2.05) is 56.3 Å². The average molecular weight is 413 g/mol. The van der Waals surface area contributed by atoms with E-state index in [1.165, 1.54) is 5.56 Å². The van der Waals surface area contributed by atoms with E-state index in [1.54, 1.807) is 16.7 Å². The highest BCUT2D eigenvalue weighted by Gasteiger charge is 2.26. The summed E-state index contributed by atoms with van der Waals surface area (Å²) in [5.74, 6) is 1.04. The third-order valence-corrected chi connectivity index (χ3v) is 5.92. The van der Waals surface area contributed by atoms with E-state index in [0.717, 1.165) is 29.7 Å². The molecule has 0 aliphatic rings. The molecule has 1 N–H and O–H groups in total. The molecule has 0 aliphatic carbocycles. The molecule has 0 aromatic heterocycles. The van der Waals surface area contributed by atoms with Crippen LogP contribution < -0.4 is 5.32 Å². The van der Waals surface area contributed by atoms with Crippen LogP contribution in [0, 0.1) is 6.92 Å². The number of carbonyl (C=O) groups is 2. The minimum Gasteiger partial charge on any atom is -0.354 e. The highest BCUT2D eigenvalue weighted by atomic mass is 32.2. The van der Waals surface area contributed by atoms with Gasteiger partial charge in [0.05, 0.1) is 5.75 Å². The zero-order valence-corrected chi connectivity index (χ0v) is 18.5. The second-order valence-electron chi connectivity index (χ2n) is 7.25. The summed E-state index contributed by atoms with van der Waals surface area (Å²) in [5.41, 5.74) is 3.39. The Hall–Kier alpha value is -2.27. The predicted octanol–water partition coefficient (Wildman–Crippen LogP) is 4.56. The van der Waals surface area contributed by atoms with Gasteiger partial charge in [-0.25, -0.2) is 0 Å². The lowest BCUT2D eigenvalue weighted by atomic mass is 10.1. The van der Waals surface area contributed by atoms with Gasteiger partial charge in [0.25, 0.3) is 0 Å². The molecule has 0 saturated carbocycles. The Morgan fingerprint density at radius 3 is 2.45 bits per heavy atom. The molecule has 2 aromatic carbocycles. The minimum absolute atomic E-state index is 0.00711. The topological polar surface area (TPSA) is 49.4 Å². The molecule has 0 fully saturated rings. The van der Waals surface area contributed by atoms with Crippen molar-refractivity contribution in [1.82, 2.24) is 10.2 Å². The summed E-state index contributed by atoms with van der Waals surface area (Å²) in [6.45, 7) is 7.04. The number of thioether (sulfide) groups is 1. The zero-order valence-electron chi connectivity index (χ0n) is 17.7. The molecule has 0 spiro atoms. The van der Waals surface area contributed by atoms with Crippen molar-refractivity contribution in [2.75, 3.05) is 12.3 Å². The maximum Gasteiger partial charge on any atom is 0.242 e. The number of hydrogen-bond donors (Lipinski definition) is 1. The standard InChI is InChI=1S/C24H32N2O2S/c1-4-5-15-25-24(28)20(3)26(16-22-14-10-9-11-19(22)2)23(27)18-29-17-21-12-7-6-8-13-21/h6-14,20H,4-5,15-18H2,1-3H3,(H,25,28)/t20-/m0/s1. The molecule has 2 amide bonds. The van der Waals surface area contributed by atoms with Crippen LogP contribution in [0.4, 0.5) is 0 Å². The first kappa shape index (κ1) is 23.0. The number of benzene rings is 2. The number of aryl methyl sites for hydroxylation is 1. The van der Waals surface area contributed by atoms with Crippen LogP contribution in [0.15, 0.2) is 54.6 Å². The van der Waals surface area contributed by atoms with Crippen LogP contribution in [-0.4, -0.2) is 35.1 Å². The monoisotopic (exact) mass is 412 g/mol. The maximum atomic E-state index is 13.1. The Morgan fingerprint density at radius 2 is 1.76 bits per heavy atom. The molecule has 2 aromatic rings. The summed E-state index contributed by atoms with van der Waals surface area (Å²) < 4.78 is 0. The summed E-state index contributed by atoms with van der Waals surface area (Å²) in [6.07, 6.45) is 1.97. The van der Waals surface area contributed by atoms with E-state index < -0.39 is 6.04 Å². The maximum absolute atomic E-state index is 13.1. The van der Waals surface area contributed by atoms with E-state index in [9.17, 15) is 9.59 Å². The second-order valence-corrected chi connectivity index (χ2v) is 8.23. The van der Waals surface area contributed by atoms with E-state index in [-0.39, 0.29) is 11.8 Å². The van der Waals surface area contributed by atoms with Crippen molar-refractivity contribution < 1.29 is 9.59 Å². The summed E-state index contributed by atoms with van der Waals surface area (Å²) in [5, 5.41) is 2.96. The smallest absolute Gasteiger partial charge is 0.242 e. The summed E-state index contributed by atoms with van der Waals surface area (Å²) >= 11 is 1.59. The van der Waals surface area contributed by atoms with Gasteiger partial charge in [0, 0.05) is 18.8 Å². The fourth-order valence-electron chi connectivity index (χ4n) is 3.00. The van der Waals surface area contributed by atoms with Gasteiger partial charge < -0.3 is 10.2 Å². The Balaban J connectivity index is 2.04. The Bertz CT molecular complexity index is 779. The third-order valence-electron chi connectivity index (χ3n) is 4.94. The quantitative estimate of drug-likeness (QED) is 0.550. The summed E-state index contributed by atoms with van der Waals surface area (Å²) in [7, 11) is 0. The van der Waals surface area contributed by atoms with Crippen LogP contribution in [0.2, 0.25) is 0 Å². The van der Waals surface area contributed by atoms with Crippen molar-refractivity contribution in [1.29, 1.82) is 0 Å². The van der Waals surface area contributed by atoms with Crippen LogP contribution in [0.1, 0.15) is 43.4 Å². The highest BCUT2D eigenvalue weighted by Crippen LogP contribution is 2.17. The second kappa shape index (κ2) is 12.3. The number of carbonyl (C=O) groups excluding carboxylic acids is 2. The zero-order chi connectivity index (χ0) is 21.1. The van der Waals surface area contributed by atoms with Gasteiger partial charge in [-0.15, -0.1) is 11.8 Å². The van der Waals surface area contributed by atoms with E-state index in [2.05, 4.69) is 24.4 Å². The lowest BCUT2D eigenvalue weighted by molar-refractivity contribution is -0.138. The summed E-state index contributed by atoms with van der Waals surface area (Å²) in [6, 6.07) is 17.6. The first-order chi connectivity index (χ1) is 14.0. The van der Waals surface area contributed by atoms with Gasteiger partial charge in [-0.05, 0) is 37.0 Å². The number of rotatable bonds is 11. The fraction of sp³-hybridized carbons (Fsp3) is 0.417. The molecule has 0 saturated heterocycles. The molecule has 29 heavy (non-hydrogen) atoms. The Kier molecular flexibility index (Phi) is 9.78. The lowest BCUT2D eigenvalue weighted by Crippen LogP contribution is -2.48. The Labute approximate surface area is 179 Å². The molecule has 0 radical (unpaired) electrons. The van der Waals surface area contributed by atoms with E-state index in [4.69, 9.17) is 0 Å². The van der Waals surface area contributed by atoms with Gasteiger partial charge in [0.1, 0.15) is 6.04 Å². The molecule has 0 bridgehead atoms. The predicted molar refractivity (Wildman–Crippen MR) is 122 cm³/mol. The number of hydrogen-bond acceptors (Lipinski definition) is 3. The number of unbranched alkanes of at least 4 members (excludes halogenated alkanes) is 1. The molecule has 4 nitrogen and oxygen atoms in total. The molecular formula is C24H32N2O2S. The van der Waals surface area contributed by atoms with Crippen molar-refractivity contribution in [2.24, 2.45) is 0 Å². The fourth-order valence-corrected chi connectivity index (χ4v) is 3.87. The van der Waals surface area contributed by atoms with Crippen molar-refractivity contribution in [2.45, 2.75) is 52.0 Å². The molecule has 156 valence electrons. The molecule has 1 atom stereocenters. The molecule has 0 unspecified atom stereocenters. The van der Waals surface area contributed by atoms with Gasteiger partial charge in [0.15, 0.2) is 0 Å². The number of nitrogens with zero attached hydrogens (tertiary/aromatic N) is 1. The lowest BCUT2D eigenvalue weighted by Gasteiger charge is -2.29. The van der Waals surface area contributed by atoms with Gasteiger partial charge in [0.2, 0.25) is 11.8 Å². The van der Waals surface area contributed by atoms with Crippen molar-refractivity contribution in [3.8, 4) is 0 Å². The van der Waals surface area contributed by atoms with Crippen LogP contribution in [0.3, 0.4) is 0 Å². The Morgan fingerprint density at radius 1 is 1.07 bits per heavy atom. The SMILES string of the molecule is CCCCNC(=O)[C@H](C)N(Cc1ccccc1C)C(=O)CSCc1ccccc1. The van der Waals surface area contributed by atoms with Gasteiger partial charge in [-0.1, -0.05) is 67.9 Å². The van der Waals surface area contributed by atoms with E-state index >= 15 is 0 Å². The molecular weight excluding hydrogens is 380 g/mol. The van der Waals surface area contributed by atoms with Crippen LogP contribution in [0.25, 0.3) is 0 Å². The van der Waals surface area contributed by atoms with Crippen molar-refractivity contribution in [3.05, 3.63) is 71.3 Å². The molecule has 0 aliphatic heterocycles. The largest absolute Gasteiger partial charge is 0.354 e. The van der Waals surface area contributed by atoms with Gasteiger partial charge in [-0.2, -0.15) is 0 Å². The first-order valence-electron chi connectivity index (χ1n) is 10.3. The van der Waals surface area contributed by atoms with E-state index in [0.29, 0.717) is 18.8 Å². The summed E-state index contributed by atoms with van der Waals surface area (Å²) in [4.78, 5) is 27.4. The molecule has 2 rings (SSSR count). The van der Waals surface area contributed by atoms with Crippen LogP contribution in [0.5, 0.6) is 0 Å². The van der Waals surface area contributed by atoms with Gasteiger partial charge in [-0.3, -0.25) is 9.59 Å². The van der Waals surface area contributed by atoms with Crippen LogP contribution in [-0.2, 0) is 21.9 Å². The molecule has 0 heterocycles. The number of amides is 2. The highest BCUT2D eigenvalue weighted by molar-refractivity contribution is 7.99. The van der Waals surface area contributed by atoms with Crippen LogP contribution >= 0.6 is 11.8 Å². The first-order valence-corrected chi connectivity index (χ1v) is 11.4. The third kappa shape index (κ3) is 7.58. The minimum atomic E-state index is -0.503.